The number of hydrogen-bond acceptors (Lipinski definition) is 3. The van der Waals surface area contributed by atoms with Crippen LogP contribution in [0.5, 0.6) is 17.2 Å². The third kappa shape index (κ3) is 16.0. The fourth-order valence-corrected chi connectivity index (χ4v) is 12.4. The zero-order valence-corrected chi connectivity index (χ0v) is 51.6. The second kappa shape index (κ2) is 31.5. The van der Waals surface area contributed by atoms with E-state index in [1.807, 2.05) is 0 Å². The highest BCUT2D eigenvalue weighted by molar-refractivity contribution is 6.58. The first-order valence-electron chi connectivity index (χ1n) is 32.1. The molecule has 0 unspecified atom stereocenters. The van der Waals surface area contributed by atoms with Crippen LogP contribution in [0.2, 0.25) is 19.0 Å². The van der Waals surface area contributed by atoms with Crippen molar-refractivity contribution in [1.82, 2.24) is 0 Å². The van der Waals surface area contributed by atoms with Gasteiger partial charge in [-0.05, 0) is 156 Å². The highest BCUT2D eigenvalue weighted by Gasteiger charge is 2.21. The summed E-state index contributed by atoms with van der Waals surface area (Å²) in [5.41, 5.74) is 21.1. The van der Waals surface area contributed by atoms with E-state index in [4.69, 9.17) is 14.2 Å². The lowest BCUT2D eigenvalue weighted by atomic mass is 9.41. The van der Waals surface area contributed by atoms with Crippen LogP contribution in [0, 0.1) is 0 Å². The van der Waals surface area contributed by atoms with Gasteiger partial charge in [-0.1, -0.05) is 328 Å². The number of benzene rings is 12. The Hall–Kier alpha value is -10.7. The smallest absolute Gasteiger partial charge is 0.140 e. The molecule has 12 rings (SSSR count). The fourth-order valence-electron chi connectivity index (χ4n) is 12.4. The van der Waals surface area contributed by atoms with Crippen molar-refractivity contribution < 1.29 is 14.2 Å². The quantitative estimate of drug-likeness (QED) is 0.0292. The Labute approximate surface area is 539 Å². The van der Waals surface area contributed by atoms with E-state index >= 15 is 0 Å². The van der Waals surface area contributed by atoms with Crippen molar-refractivity contribution in [1.29, 1.82) is 0 Å². The number of ether oxygens (including phenoxy) is 3. The first kappa shape index (κ1) is 60.6. The van der Waals surface area contributed by atoms with E-state index in [9.17, 15) is 0 Å². The summed E-state index contributed by atoms with van der Waals surface area (Å²) in [7, 11) is 0. The molecular formula is C87H75BO3. The van der Waals surface area contributed by atoms with Crippen LogP contribution in [-0.2, 0) is 0 Å². The summed E-state index contributed by atoms with van der Waals surface area (Å²) in [5, 5.41) is 0. The molecule has 0 aliphatic heterocycles. The van der Waals surface area contributed by atoms with Crippen LogP contribution >= 0.6 is 0 Å². The molecule has 0 heterocycles. The molecule has 0 saturated carbocycles. The summed E-state index contributed by atoms with van der Waals surface area (Å²) in [5.74, 6) is 2.62. The molecule has 0 radical (unpaired) electrons. The van der Waals surface area contributed by atoms with E-state index in [-0.39, 0.29) is 0 Å². The zero-order valence-electron chi connectivity index (χ0n) is 51.6. The molecule has 0 N–H and O–H groups in total. The van der Waals surface area contributed by atoms with Gasteiger partial charge < -0.3 is 14.2 Å². The summed E-state index contributed by atoms with van der Waals surface area (Å²) in [6.45, 7) is 2.37. The molecule has 3 nitrogen and oxygen atoms in total. The van der Waals surface area contributed by atoms with Crippen molar-refractivity contribution in [3.8, 4) is 17.2 Å². The summed E-state index contributed by atoms with van der Waals surface area (Å²) in [6.07, 6.45) is 5.94. The van der Waals surface area contributed by atoms with Crippen LogP contribution in [0.1, 0.15) is 86.0 Å². The van der Waals surface area contributed by atoms with Crippen molar-refractivity contribution in [2.45, 2.75) is 38.2 Å². The lowest BCUT2D eigenvalue weighted by Gasteiger charge is -2.19. The lowest BCUT2D eigenvalue weighted by Crippen LogP contribution is -2.16. The molecule has 0 spiro atoms. The van der Waals surface area contributed by atoms with Gasteiger partial charge in [0.25, 0.3) is 0 Å². The van der Waals surface area contributed by atoms with E-state index in [2.05, 4.69) is 346 Å². The number of hydrogen-bond donors (Lipinski definition) is 0. The van der Waals surface area contributed by atoms with Crippen LogP contribution in [-0.4, -0.2) is 26.5 Å². The molecule has 91 heavy (non-hydrogen) atoms. The maximum atomic E-state index is 6.56. The Morgan fingerprint density at radius 2 is 0.319 bits per heavy atom. The molecule has 0 atom stereocenters. The van der Waals surface area contributed by atoms with Gasteiger partial charge in [-0.25, -0.2) is 0 Å². The maximum Gasteiger partial charge on any atom is 0.140 e. The maximum absolute atomic E-state index is 6.56. The molecule has 0 bridgehead atoms. The second-order valence-corrected chi connectivity index (χ2v) is 23.0. The van der Waals surface area contributed by atoms with Gasteiger partial charge in [-0.15, -0.1) is 0 Å². The molecular weight excluding hydrogens is 1100 g/mol. The summed E-state index contributed by atoms with van der Waals surface area (Å²) < 4.78 is 19.7. The molecule has 4 heteroatoms. The van der Waals surface area contributed by atoms with Crippen molar-refractivity contribution >= 4 is 40.2 Å². The molecule has 12 aromatic rings. The highest BCUT2D eigenvalue weighted by atomic mass is 16.5. The van der Waals surface area contributed by atoms with Gasteiger partial charge in [0, 0.05) is 0 Å². The molecule has 0 aromatic heterocycles. The predicted molar refractivity (Wildman–Crippen MR) is 383 cm³/mol. The molecule has 0 amide bonds. The van der Waals surface area contributed by atoms with Crippen LogP contribution in [0.25, 0.3) is 33.4 Å². The van der Waals surface area contributed by atoms with Gasteiger partial charge >= 0.3 is 0 Å². The molecule has 444 valence electrons. The molecule has 0 aliphatic rings. The largest absolute Gasteiger partial charge is 0.494 e. The van der Waals surface area contributed by atoms with E-state index in [1.54, 1.807) is 0 Å². The highest BCUT2D eigenvalue weighted by Crippen LogP contribution is 2.41. The average molecular weight is 1180 g/mol. The SMILES string of the molecule is c1ccc(C(=C(c2ccccc2)c2ccc(OCCCB(CCCOc3ccc(C(=C(c4ccccc4)c4ccccc4)c4ccccc4)cc3)CCCOc3ccc(C(=C(c4ccccc4)c4ccccc4)c4ccccc4)cc3)cc2)c2ccccc2)cc1. The van der Waals surface area contributed by atoms with Crippen molar-refractivity contribution in [2.24, 2.45) is 0 Å². The monoisotopic (exact) mass is 1180 g/mol. The molecule has 0 saturated heterocycles. The van der Waals surface area contributed by atoms with Gasteiger partial charge in [0.05, 0.1) is 19.8 Å². The van der Waals surface area contributed by atoms with Gasteiger partial charge in [-0.3, -0.25) is 0 Å². The minimum absolute atomic E-state index is 0.469. The van der Waals surface area contributed by atoms with E-state index in [0.717, 1.165) is 72.2 Å². The minimum Gasteiger partial charge on any atom is -0.494 e. The fraction of sp³-hybridized carbons (Fsp3) is 0.103. The van der Waals surface area contributed by atoms with Crippen LogP contribution in [0.15, 0.2) is 346 Å². The van der Waals surface area contributed by atoms with Crippen molar-refractivity contribution in [3.63, 3.8) is 0 Å². The number of rotatable bonds is 27. The standard InChI is InChI=1S/C87H75BO3/c1-10-31-67(32-11-1)82(68-33-12-2-13-34-68)85(73-43-22-7-23-44-73)76-49-55-79(56-50-76)89-64-28-61-88(62-29-65-90-80-57-51-77(52-58-80)86(74-45-24-8-25-46-74)83(69-35-14-3-15-36-69)70-37-16-4-17-38-70)63-30-66-91-81-59-53-78(54-60-81)87(75-47-26-9-27-48-75)84(71-39-18-5-19-40-71)72-41-20-6-21-42-72/h1-27,31-60H,28-30,61-66H2. The van der Waals surface area contributed by atoms with E-state index in [0.29, 0.717) is 26.5 Å². The first-order valence-corrected chi connectivity index (χ1v) is 32.1. The summed E-state index contributed by atoms with van der Waals surface area (Å²) in [6, 6.07) is 123. The average Bonchev–Trinajstić information content (AvgIpc) is 1.06. The van der Waals surface area contributed by atoms with Crippen LogP contribution < -0.4 is 14.2 Å². The third-order valence-corrected chi connectivity index (χ3v) is 16.8. The van der Waals surface area contributed by atoms with Crippen molar-refractivity contribution in [2.75, 3.05) is 19.8 Å². The van der Waals surface area contributed by atoms with E-state index in [1.165, 1.54) is 83.5 Å². The van der Waals surface area contributed by atoms with Crippen molar-refractivity contribution in [3.05, 3.63) is 413 Å². The Morgan fingerprint density at radius 1 is 0.176 bits per heavy atom. The van der Waals surface area contributed by atoms with Gasteiger partial charge in [-0.2, -0.15) is 0 Å². The normalized spacial score (nSPS) is 10.8. The Bertz CT molecular complexity index is 3660. The Kier molecular flexibility index (Phi) is 21.0. The Morgan fingerprint density at radius 3 is 0.473 bits per heavy atom. The topological polar surface area (TPSA) is 27.7 Å². The van der Waals surface area contributed by atoms with Gasteiger partial charge in [0.1, 0.15) is 24.0 Å². The molecule has 0 aliphatic carbocycles. The summed E-state index contributed by atoms with van der Waals surface area (Å²) >= 11 is 0. The van der Waals surface area contributed by atoms with E-state index < -0.39 is 0 Å². The summed E-state index contributed by atoms with van der Waals surface area (Å²) in [4.78, 5) is 0. The van der Waals surface area contributed by atoms with Gasteiger partial charge in [0.2, 0.25) is 0 Å². The molecule has 0 fully saturated rings. The third-order valence-electron chi connectivity index (χ3n) is 16.8. The van der Waals surface area contributed by atoms with Crippen LogP contribution in [0.4, 0.5) is 0 Å². The minimum atomic E-state index is 0.469. The van der Waals surface area contributed by atoms with Crippen LogP contribution in [0.3, 0.4) is 0 Å². The second-order valence-electron chi connectivity index (χ2n) is 23.0. The zero-order chi connectivity index (χ0) is 61.5. The lowest BCUT2D eigenvalue weighted by molar-refractivity contribution is 0.311. The molecule has 12 aromatic carbocycles. The Balaban J connectivity index is 0.737. The first-order chi connectivity index (χ1) is 45.2. The predicted octanol–water partition coefficient (Wildman–Crippen LogP) is 21.9. The van der Waals surface area contributed by atoms with Gasteiger partial charge in [0.15, 0.2) is 0 Å².